The summed E-state index contributed by atoms with van der Waals surface area (Å²) in [4.78, 5) is 0. The molecule has 0 heterocycles. The van der Waals surface area contributed by atoms with Gasteiger partial charge in [0.2, 0.25) is 0 Å². The largest absolute Gasteiger partial charge is 4.00 e. The number of rotatable bonds is 0. The van der Waals surface area contributed by atoms with Gasteiger partial charge in [-0.2, -0.15) is 0 Å². The van der Waals surface area contributed by atoms with Crippen LogP contribution in [0.25, 0.3) is 0 Å². The van der Waals surface area contributed by atoms with Gasteiger partial charge >= 0.3 is 60.1 Å². The van der Waals surface area contributed by atoms with Crippen LogP contribution in [0.15, 0.2) is 0 Å². The molecule has 0 bridgehead atoms. The Morgan fingerprint density at radius 3 is 0.800 bits per heavy atom. The van der Waals surface area contributed by atoms with Gasteiger partial charge in [-0.3, -0.25) is 0 Å². The Hall–Kier alpha value is 1.86. The van der Waals surface area contributed by atoms with Crippen molar-refractivity contribution in [2.75, 3.05) is 0 Å². The summed E-state index contributed by atoms with van der Waals surface area (Å²) in [6.07, 6.45) is 0. The summed E-state index contributed by atoms with van der Waals surface area (Å²) < 4.78 is 0. The van der Waals surface area contributed by atoms with E-state index in [2.05, 4.69) is 0 Å². The average Bonchev–Trinajstić information content (AvgIpc) is 0. The van der Waals surface area contributed by atoms with E-state index >= 15 is 0 Å². The van der Waals surface area contributed by atoms with Gasteiger partial charge in [0.15, 0.2) is 0 Å². The van der Waals surface area contributed by atoms with Crippen molar-refractivity contribution in [2.24, 2.45) is 0 Å². The van der Waals surface area contributed by atoms with Crippen molar-refractivity contribution in [3.05, 3.63) is 0 Å². The summed E-state index contributed by atoms with van der Waals surface area (Å²) in [7, 11) is 0. The average molecular weight is 228 g/mol. The van der Waals surface area contributed by atoms with Crippen LogP contribution in [0.1, 0.15) is 0 Å². The van der Waals surface area contributed by atoms with Crippen LogP contribution in [-0.4, -0.2) is 0 Å². The van der Waals surface area contributed by atoms with Crippen LogP contribution in [0.5, 0.6) is 0 Å². The van der Waals surface area contributed by atoms with Gasteiger partial charge in [0, 0.05) is 0 Å². The van der Waals surface area contributed by atoms with E-state index in [-0.39, 0.29) is 71.1 Å². The molecular formula is CrMoO2Ti+7. The van der Waals surface area contributed by atoms with Crippen molar-refractivity contribution in [1.29, 1.82) is 0 Å². The number of hydrogen-bond donors (Lipinski definition) is 0. The third kappa shape index (κ3) is 25.3. The van der Waals surface area contributed by atoms with E-state index in [0.29, 0.717) is 0 Å². The summed E-state index contributed by atoms with van der Waals surface area (Å²) in [6, 6.07) is 0. The van der Waals surface area contributed by atoms with Gasteiger partial charge < -0.3 is 11.0 Å². The Morgan fingerprint density at radius 2 is 0.800 bits per heavy atom. The minimum Gasteiger partial charge on any atom is -2.00 e. The first-order chi connectivity index (χ1) is 0. The molecule has 0 fully saturated rings. The standard InChI is InChI=1S/Cr.Mo.2O.Ti/q+3;+4;2*-2;+4. The predicted molar refractivity (Wildman–Crippen MR) is 1.37 cm³/mol. The molecule has 0 amide bonds. The van der Waals surface area contributed by atoms with E-state index in [1.165, 1.54) is 0 Å². The van der Waals surface area contributed by atoms with Gasteiger partial charge in [0.1, 0.15) is 0 Å². The summed E-state index contributed by atoms with van der Waals surface area (Å²) in [5.74, 6) is 0. The first-order valence-electron chi connectivity index (χ1n) is 0. The van der Waals surface area contributed by atoms with E-state index in [4.69, 9.17) is 0 Å². The molecule has 2 nitrogen and oxygen atoms in total. The smallest absolute Gasteiger partial charge is 2.00 e. The Morgan fingerprint density at radius 1 is 0.800 bits per heavy atom. The third-order valence-electron chi connectivity index (χ3n) is 0. The van der Waals surface area contributed by atoms with Crippen LogP contribution in [0.2, 0.25) is 0 Å². The first-order valence-corrected chi connectivity index (χ1v) is 0. The molecule has 21 valence electrons. The normalized spacial score (nSPS) is 0. The minimum atomic E-state index is 0. The van der Waals surface area contributed by atoms with Crippen LogP contribution in [0.4, 0.5) is 0 Å². The Balaban J connectivity index is 0. The molecule has 0 spiro atoms. The third-order valence-corrected chi connectivity index (χ3v) is 0. The fraction of sp³-hybridized carbons (Fsp3) is 0. The van der Waals surface area contributed by atoms with Crippen LogP contribution in [0, 0.1) is 0 Å². The van der Waals surface area contributed by atoms with E-state index in [0.717, 1.165) is 0 Å². The molecule has 0 aliphatic rings. The van der Waals surface area contributed by atoms with Crippen LogP contribution in [0.3, 0.4) is 0 Å². The maximum atomic E-state index is 0. The molecule has 5 heteroatoms. The van der Waals surface area contributed by atoms with E-state index in [1.807, 2.05) is 0 Å². The first kappa shape index (κ1) is 68.3. The van der Waals surface area contributed by atoms with Crippen molar-refractivity contribution >= 4 is 0 Å². The molecular weight excluding hydrogens is 228 g/mol. The molecule has 0 aromatic carbocycles. The second-order valence-electron chi connectivity index (χ2n) is 0. The fourth-order valence-electron chi connectivity index (χ4n) is 0. The van der Waals surface area contributed by atoms with E-state index < -0.39 is 0 Å². The monoisotopic (exact) mass is 230 g/mol. The maximum Gasteiger partial charge on any atom is 4.00 e. The van der Waals surface area contributed by atoms with Crippen molar-refractivity contribution < 1.29 is 71.1 Å². The molecule has 0 atom stereocenters. The fourth-order valence-corrected chi connectivity index (χ4v) is 0. The van der Waals surface area contributed by atoms with Crippen molar-refractivity contribution in [3.63, 3.8) is 0 Å². The summed E-state index contributed by atoms with van der Waals surface area (Å²) >= 11 is 0. The Labute approximate surface area is 70.6 Å². The summed E-state index contributed by atoms with van der Waals surface area (Å²) in [5.41, 5.74) is 0. The second-order valence-corrected chi connectivity index (χ2v) is 0. The van der Waals surface area contributed by atoms with Gasteiger partial charge in [0.25, 0.3) is 0 Å². The molecule has 0 unspecified atom stereocenters. The topological polar surface area (TPSA) is 57.0 Å². The van der Waals surface area contributed by atoms with Crippen LogP contribution in [-0.2, 0) is 71.1 Å². The molecule has 0 saturated heterocycles. The molecule has 0 aromatic rings. The quantitative estimate of drug-likeness (QED) is 0.513. The second kappa shape index (κ2) is 40.1. The molecule has 5 heavy (non-hydrogen) atoms. The van der Waals surface area contributed by atoms with E-state index in [9.17, 15) is 0 Å². The Bertz CT molecular complexity index is 9.61. The summed E-state index contributed by atoms with van der Waals surface area (Å²) in [5, 5.41) is 0. The van der Waals surface area contributed by atoms with Crippen molar-refractivity contribution in [1.82, 2.24) is 0 Å². The SMILES string of the molecule is [Cr+3].[Mo+4].[O-2].[O-2].[Ti+4]. The van der Waals surface area contributed by atoms with Crippen molar-refractivity contribution in [3.8, 4) is 0 Å². The molecule has 0 aromatic heterocycles. The molecule has 0 aliphatic carbocycles. The zero-order valence-electron chi connectivity index (χ0n) is 2.13. The Kier molecular flexibility index (Phi) is 548. The van der Waals surface area contributed by atoms with E-state index in [1.54, 1.807) is 0 Å². The molecule has 0 saturated carbocycles. The van der Waals surface area contributed by atoms with Gasteiger partial charge in [-0.05, 0) is 0 Å². The van der Waals surface area contributed by atoms with Gasteiger partial charge in [-0.25, -0.2) is 0 Å². The van der Waals surface area contributed by atoms with Gasteiger partial charge in [0.05, 0.1) is 0 Å². The maximum absolute atomic E-state index is 0. The predicted octanol–water partition coefficient (Wildman–Crippen LogP) is -0.245. The minimum absolute atomic E-state index is 0. The van der Waals surface area contributed by atoms with Crippen molar-refractivity contribution in [2.45, 2.75) is 0 Å². The van der Waals surface area contributed by atoms with Gasteiger partial charge in [-0.1, -0.05) is 0 Å². The van der Waals surface area contributed by atoms with Gasteiger partial charge in [-0.15, -0.1) is 0 Å². The zero-order valence-corrected chi connectivity index (χ0v) is 6.98. The molecule has 1 radical (unpaired) electrons. The molecule has 0 rings (SSSR count). The zero-order chi connectivity index (χ0) is 0. The number of hydrogen-bond acceptors (Lipinski definition) is 0. The molecule has 0 aliphatic heterocycles. The summed E-state index contributed by atoms with van der Waals surface area (Å²) in [6.45, 7) is 0. The molecule has 0 N–H and O–H groups in total. The van der Waals surface area contributed by atoms with Crippen LogP contribution < -0.4 is 0 Å². The van der Waals surface area contributed by atoms with Crippen LogP contribution >= 0.6 is 0 Å².